The first-order valence-electron chi connectivity index (χ1n) is 5.93. The molecule has 0 aliphatic carbocycles. The molecule has 2 rings (SSSR count). The second-order valence-electron chi connectivity index (χ2n) is 4.41. The van der Waals surface area contributed by atoms with Crippen molar-refractivity contribution in [1.82, 2.24) is 9.55 Å². The Kier molecular flexibility index (Phi) is 3.89. The first-order chi connectivity index (χ1) is 9.52. The number of ketones is 1. The number of hydrogen-bond donors (Lipinski definition) is 0. The van der Waals surface area contributed by atoms with Crippen molar-refractivity contribution in [3.63, 3.8) is 0 Å². The smallest absolute Gasteiger partial charge is 0.212 e. The molecule has 1 atom stereocenters. The van der Waals surface area contributed by atoms with Crippen molar-refractivity contribution >= 4 is 5.78 Å². The molecule has 0 saturated heterocycles. The minimum absolute atomic E-state index is 0.107. The van der Waals surface area contributed by atoms with Gasteiger partial charge < -0.3 is 4.57 Å². The molecule has 102 valence electrons. The Balaban J connectivity index is 2.17. The van der Waals surface area contributed by atoms with E-state index in [1.165, 1.54) is 12.3 Å². The maximum absolute atomic E-state index is 13.1. The van der Waals surface area contributed by atoms with Crippen molar-refractivity contribution < 1.29 is 13.6 Å². The van der Waals surface area contributed by atoms with Gasteiger partial charge in [0.25, 0.3) is 0 Å². The Hall–Kier alpha value is -2.55. The third-order valence-electron chi connectivity index (χ3n) is 2.94. The summed E-state index contributed by atoms with van der Waals surface area (Å²) in [5.74, 6) is -2.64. The molecule has 0 amide bonds. The molecule has 1 unspecified atom stereocenters. The summed E-state index contributed by atoms with van der Waals surface area (Å²) < 4.78 is 27.5. The van der Waals surface area contributed by atoms with E-state index in [0.717, 1.165) is 12.1 Å². The molecule has 4 nitrogen and oxygen atoms in total. The summed E-state index contributed by atoms with van der Waals surface area (Å²) in [5.41, 5.74) is 0.107. The largest absolute Gasteiger partial charge is 0.322 e. The number of benzene rings is 1. The lowest BCUT2D eigenvalue weighted by Crippen LogP contribution is -2.18. The van der Waals surface area contributed by atoms with Crippen LogP contribution >= 0.6 is 0 Å². The number of carbonyl (C=O) groups excluding carboxylic acids is 1. The second kappa shape index (κ2) is 5.61. The predicted molar refractivity (Wildman–Crippen MR) is 66.8 cm³/mol. The number of aromatic nitrogens is 2. The van der Waals surface area contributed by atoms with E-state index < -0.39 is 17.6 Å². The van der Waals surface area contributed by atoms with Crippen LogP contribution in [0, 0.1) is 28.9 Å². The fourth-order valence-corrected chi connectivity index (χ4v) is 1.88. The summed E-state index contributed by atoms with van der Waals surface area (Å²) in [6.45, 7) is 1.91. The van der Waals surface area contributed by atoms with Crippen LogP contribution in [-0.2, 0) is 6.54 Å². The van der Waals surface area contributed by atoms with Crippen LogP contribution in [0.5, 0.6) is 0 Å². The zero-order valence-electron chi connectivity index (χ0n) is 10.7. The standard InChI is InChI=1S/C14H11F2N3O/c1-9(8-19-5-4-18-13(19)7-17)14(20)10-2-3-11(15)12(16)6-10/h2-6,9H,8H2,1H3. The monoisotopic (exact) mass is 275 g/mol. The van der Waals surface area contributed by atoms with Crippen LogP contribution in [0.3, 0.4) is 0 Å². The van der Waals surface area contributed by atoms with Crippen LogP contribution in [-0.4, -0.2) is 15.3 Å². The van der Waals surface area contributed by atoms with Gasteiger partial charge in [0.2, 0.25) is 5.82 Å². The molecule has 0 fully saturated rings. The molecule has 20 heavy (non-hydrogen) atoms. The zero-order chi connectivity index (χ0) is 14.7. The molecule has 6 heteroatoms. The van der Waals surface area contributed by atoms with E-state index in [-0.39, 0.29) is 23.7 Å². The van der Waals surface area contributed by atoms with E-state index in [9.17, 15) is 13.6 Å². The van der Waals surface area contributed by atoms with Crippen LogP contribution in [0.4, 0.5) is 8.78 Å². The van der Waals surface area contributed by atoms with Crippen molar-refractivity contribution in [2.75, 3.05) is 0 Å². The maximum Gasteiger partial charge on any atom is 0.212 e. The van der Waals surface area contributed by atoms with Gasteiger partial charge in [-0.25, -0.2) is 13.8 Å². The number of imidazole rings is 1. The highest BCUT2D eigenvalue weighted by Crippen LogP contribution is 2.15. The van der Waals surface area contributed by atoms with Crippen molar-refractivity contribution in [1.29, 1.82) is 5.26 Å². The molecular formula is C14H11F2N3O. The Labute approximate surface area is 114 Å². The Bertz CT molecular complexity index is 688. The van der Waals surface area contributed by atoms with Crippen molar-refractivity contribution in [2.24, 2.45) is 5.92 Å². The van der Waals surface area contributed by atoms with Crippen molar-refractivity contribution in [2.45, 2.75) is 13.5 Å². The summed E-state index contributed by atoms with van der Waals surface area (Å²) in [7, 11) is 0. The van der Waals surface area contributed by atoms with Gasteiger partial charge in [0.05, 0.1) is 0 Å². The fraction of sp³-hybridized carbons (Fsp3) is 0.214. The van der Waals surface area contributed by atoms with Crippen LogP contribution in [0.25, 0.3) is 0 Å². The van der Waals surface area contributed by atoms with Crippen LogP contribution in [0.2, 0.25) is 0 Å². The zero-order valence-corrected chi connectivity index (χ0v) is 10.7. The highest BCUT2D eigenvalue weighted by molar-refractivity contribution is 5.97. The fourth-order valence-electron chi connectivity index (χ4n) is 1.88. The predicted octanol–water partition coefficient (Wildman–Crippen LogP) is 2.55. The minimum Gasteiger partial charge on any atom is -0.322 e. The van der Waals surface area contributed by atoms with Gasteiger partial charge in [0, 0.05) is 30.4 Å². The van der Waals surface area contributed by atoms with E-state index in [4.69, 9.17) is 5.26 Å². The molecule has 0 bridgehead atoms. The van der Waals surface area contributed by atoms with Gasteiger partial charge in [-0.05, 0) is 18.2 Å². The third-order valence-corrected chi connectivity index (χ3v) is 2.94. The quantitative estimate of drug-likeness (QED) is 0.806. The van der Waals surface area contributed by atoms with Gasteiger partial charge in [0.15, 0.2) is 17.4 Å². The lowest BCUT2D eigenvalue weighted by molar-refractivity contribution is 0.0917. The Morgan fingerprint density at radius 3 is 2.85 bits per heavy atom. The molecule has 0 aliphatic heterocycles. The molecule has 1 heterocycles. The number of nitrogens with zero attached hydrogens (tertiary/aromatic N) is 3. The normalized spacial score (nSPS) is 11.9. The summed E-state index contributed by atoms with van der Waals surface area (Å²) >= 11 is 0. The molecule has 0 spiro atoms. The van der Waals surface area contributed by atoms with Crippen LogP contribution in [0.15, 0.2) is 30.6 Å². The number of nitriles is 1. The molecule has 1 aromatic carbocycles. The molecular weight excluding hydrogens is 264 g/mol. The summed E-state index contributed by atoms with van der Waals surface area (Å²) in [5, 5.41) is 8.83. The van der Waals surface area contributed by atoms with E-state index in [1.807, 2.05) is 6.07 Å². The molecule has 0 aliphatic rings. The van der Waals surface area contributed by atoms with E-state index in [0.29, 0.717) is 0 Å². The number of halogens is 2. The molecule has 0 saturated carbocycles. The van der Waals surface area contributed by atoms with Crippen molar-refractivity contribution in [3.8, 4) is 6.07 Å². The van der Waals surface area contributed by atoms with Gasteiger partial charge in [0.1, 0.15) is 6.07 Å². The second-order valence-corrected chi connectivity index (χ2v) is 4.41. The number of rotatable bonds is 4. The highest BCUT2D eigenvalue weighted by Gasteiger charge is 2.18. The molecule has 0 N–H and O–H groups in total. The van der Waals surface area contributed by atoms with E-state index in [2.05, 4.69) is 4.98 Å². The van der Waals surface area contributed by atoms with Crippen LogP contribution < -0.4 is 0 Å². The summed E-state index contributed by atoms with van der Waals surface area (Å²) in [4.78, 5) is 16.0. The molecule has 2 aromatic rings. The Morgan fingerprint density at radius 2 is 2.20 bits per heavy atom. The molecule has 1 aromatic heterocycles. The van der Waals surface area contributed by atoms with E-state index >= 15 is 0 Å². The first-order valence-corrected chi connectivity index (χ1v) is 5.93. The van der Waals surface area contributed by atoms with Gasteiger partial charge in [-0.1, -0.05) is 6.92 Å². The Morgan fingerprint density at radius 1 is 1.45 bits per heavy atom. The highest BCUT2D eigenvalue weighted by atomic mass is 19.2. The number of Topliss-reactive ketones (excluding diaryl/α,β-unsaturated/α-hetero) is 1. The lowest BCUT2D eigenvalue weighted by atomic mass is 9.99. The number of hydrogen-bond acceptors (Lipinski definition) is 3. The van der Waals surface area contributed by atoms with Crippen LogP contribution in [0.1, 0.15) is 23.1 Å². The average Bonchev–Trinajstić information content (AvgIpc) is 2.88. The van der Waals surface area contributed by atoms with Gasteiger partial charge in [-0.2, -0.15) is 5.26 Å². The number of carbonyl (C=O) groups is 1. The minimum atomic E-state index is -1.05. The third kappa shape index (κ3) is 2.72. The first kappa shape index (κ1) is 13.9. The van der Waals surface area contributed by atoms with E-state index in [1.54, 1.807) is 17.7 Å². The van der Waals surface area contributed by atoms with Gasteiger partial charge in [-0.15, -0.1) is 0 Å². The average molecular weight is 275 g/mol. The summed E-state index contributed by atoms with van der Waals surface area (Å²) in [6.07, 6.45) is 3.06. The molecule has 0 radical (unpaired) electrons. The van der Waals surface area contributed by atoms with Gasteiger partial charge >= 0.3 is 0 Å². The SMILES string of the molecule is CC(Cn1ccnc1C#N)C(=O)c1ccc(F)c(F)c1. The van der Waals surface area contributed by atoms with Crippen molar-refractivity contribution in [3.05, 3.63) is 53.6 Å². The maximum atomic E-state index is 13.1. The summed E-state index contributed by atoms with van der Waals surface area (Å²) in [6, 6.07) is 4.96. The lowest BCUT2D eigenvalue weighted by Gasteiger charge is -2.12. The topological polar surface area (TPSA) is 58.7 Å². The van der Waals surface area contributed by atoms with Gasteiger partial charge in [-0.3, -0.25) is 4.79 Å².